The number of oxazole rings is 1. The summed E-state index contributed by atoms with van der Waals surface area (Å²) < 4.78 is 30.4. The van der Waals surface area contributed by atoms with E-state index in [0.29, 0.717) is 37.3 Å². The van der Waals surface area contributed by atoms with Crippen LogP contribution in [-0.4, -0.2) is 49.6 Å². The SMILES string of the molecule is CCS(=O)(=O)N1CCN(c2cccc3[nH]c(=O)oc23)CC1. The molecule has 21 heavy (non-hydrogen) atoms. The molecule has 114 valence electrons. The van der Waals surface area contributed by atoms with Gasteiger partial charge in [-0.2, -0.15) is 4.31 Å². The number of aromatic amines is 1. The van der Waals surface area contributed by atoms with E-state index in [1.165, 1.54) is 4.31 Å². The summed E-state index contributed by atoms with van der Waals surface area (Å²) in [6, 6.07) is 5.50. The number of H-pyrrole nitrogens is 1. The molecule has 1 N–H and O–H groups in total. The Labute approximate surface area is 122 Å². The number of rotatable bonds is 3. The lowest BCUT2D eigenvalue weighted by atomic mass is 10.2. The molecule has 8 heteroatoms. The van der Waals surface area contributed by atoms with Crippen LogP contribution in [-0.2, 0) is 10.0 Å². The van der Waals surface area contributed by atoms with Gasteiger partial charge in [0.15, 0.2) is 5.58 Å². The Morgan fingerprint density at radius 2 is 1.95 bits per heavy atom. The Bertz CT molecular complexity index is 800. The molecule has 0 radical (unpaired) electrons. The molecule has 0 atom stereocenters. The van der Waals surface area contributed by atoms with Gasteiger partial charge < -0.3 is 9.32 Å². The second-order valence-electron chi connectivity index (χ2n) is 4.95. The first kappa shape index (κ1) is 14.2. The molecule has 0 bridgehead atoms. The topological polar surface area (TPSA) is 86.6 Å². The quantitative estimate of drug-likeness (QED) is 0.896. The van der Waals surface area contributed by atoms with Crippen LogP contribution in [0.1, 0.15) is 6.92 Å². The molecule has 3 rings (SSSR count). The van der Waals surface area contributed by atoms with Crippen molar-refractivity contribution in [3.63, 3.8) is 0 Å². The number of hydrogen-bond acceptors (Lipinski definition) is 5. The zero-order valence-corrected chi connectivity index (χ0v) is 12.5. The number of anilines is 1. The van der Waals surface area contributed by atoms with Crippen LogP contribution in [0.5, 0.6) is 0 Å². The highest BCUT2D eigenvalue weighted by molar-refractivity contribution is 7.89. The van der Waals surface area contributed by atoms with E-state index in [2.05, 4.69) is 4.98 Å². The van der Waals surface area contributed by atoms with Gasteiger partial charge in [-0.1, -0.05) is 6.07 Å². The third-order valence-electron chi connectivity index (χ3n) is 3.76. The smallest absolute Gasteiger partial charge is 0.406 e. The maximum Gasteiger partial charge on any atom is 0.417 e. The highest BCUT2D eigenvalue weighted by atomic mass is 32.2. The van der Waals surface area contributed by atoms with Gasteiger partial charge in [0.2, 0.25) is 10.0 Å². The maximum absolute atomic E-state index is 11.9. The second kappa shape index (κ2) is 5.19. The van der Waals surface area contributed by atoms with Gasteiger partial charge >= 0.3 is 5.76 Å². The molecular weight excluding hydrogens is 294 g/mol. The predicted octanol–water partition coefficient (Wildman–Crippen LogP) is 0.593. The van der Waals surface area contributed by atoms with Crippen LogP contribution >= 0.6 is 0 Å². The Balaban J connectivity index is 1.85. The molecule has 0 amide bonds. The fourth-order valence-corrected chi connectivity index (χ4v) is 3.68. The van der Waals surface area contributed by atoms with Gasteiger partial charge in [0, 0.05) is 26.2 Å². The summed E-state index contributed by atoms with van der Waals surface area (Å²) in [6.45, 7) is 3.69. The lowest BCUT2D eigenvalue weighted by Crippen LogP contribution is -2.49. The van der Waals surface area contributed by atoms with E-state index in [-0.39, 0.29) is 5.75 Å². The van der Waals surface area contributed by atoms with E-state index >= 15 is 0 Å². The summed E-state index contributed by atoms with van der Waals surface area (Å²) in [4.78, 5) is 16.0. The molecule has 1 fully saturated rings. The molecule has 1 aromatic heterocycles. The summed E-state index contributed by atoms with van der Waals surface area (Å²) in [6.07, 6.45) is 0. The number of aromatic nitrogens is 1. The minimum atomic E-state index is -3.14. The minimum absolute atomic E-state index is 0.120. The molecule has 0 unspecified atom stereocenters. The largest absolute Gasteiger partial charge is 0.417 e. The first-order chi connectivity index (χ1) is 10.0. The molecule has 1 aromatic carbocycles. The van der Waals surface area contributed by atoms with Gasteiger partial charge in [-0.15, -0.1) is 0 Å². The third-order valence-corrected chi connectivity index (χ3v) is 5.64. The summed E-state index contributed by atoms with van der Waals surface area (Å²) in [5, 5.41) is 0. The second-order valence-corrected chi connectivity index (χ2v) is 7.21. The zero-order chi connectivity index (χ0) is 15.0. The van der Waals surface area contributed by atoms with E-state index in [4.69, 9.17) is 4.42 Å². The Morgan fingerprint density at radius 1 is 1.24 bits per heavy atom. The van der Waals surface area contributed by atoms with Crippen molar-refractivity contribution >= 4 is 26.8 Å². The zero-order valence-electron chi connectivity index (χ0n) is 11.7. The van der Waals surface area contributed by atoms with E-state index in [1.807, 2.05) is 17.0 Å². The van der Waals surface area contributed by atoms with Gasteiger partial charge in [-0.25, -0.2) is 13.2 Å². The van der Waals surface area contributed by atoms with Crippen LogP contribution in [0.4, 0.5) is 5.69 Å². The van der Waals surface area contributed by atoms with Gasteiger partial charge in [-0.05, 0) is 19.1 Å². The van der Waals surface area contributed by atoms with Crippen molar-refractivity contribution in [2.45, 2.75) is 6.92 Å². The highest BCUT2D eigenvalue weighted by Gasteiger charge is 2.26. The van der Waals surface area contributed by atoms with E-state index in [9.17, 15) is 13.2 Å². The van der Waals surface area contributed by atoms with Gasteiger partial charge in [-0.3, -0.25) is 4.98 Å². The van der Waals surface area contributed by atoms with Crippen LogP contribution in [0.3, 0.4) is 0 Å². The van der Waals surface area contributed by atoms with Gasteiger partial charge in [0.25, 0.3) is 0 Å². The summed E-state index contributed by atoms with van der Waals surface area (Å²) in [7, 11) is -3.14. The number of nitrogens with zero attached hydrogens (tertiary/aromatic N) is 2. The van der Waals surface area contributed by atoms with E-state index < -0.39 is 15.8 Å². The van der Waals surface area contributed by atoms with Crippen LogP contribution in [0.15, 0.2) is 27.4 Å². The Hall–Kier alpha value is -1.80. The molecule has 7 nitrogen and oxygen atoms in total. The average molecular weight is 311 g/mol. The summed E-state index contributed by atoms with van der Waals surface area (Å²) in [5.74, 6) is -0.362. The number of piperazine rings is 1. The van der Waals surface area contributed by atoms with Crippen molar-refractivity contribution in [2.24, 2.45) is 0 Å². The highest BCUT2D eigenvalue weighted by Crippen LogP contribution is 2.26. The molecule has 2 heterocycles. The summed E-state index contributed by atoms with van der Waals surface area (Å²) in [5.41, 5.74) is 2.00. The minimum Gasteiger partial charge on any atom is -0.406 e. The summed E-state index contributed by atoms with van der Waals surface area (Å²) >= 11 is 0. The standard InChI is InChI=1S/C13H17N3O4S/c1-2-21(18,19)16-8-6-15(7-9-16)11-5-3-4-10-12(11)20-13(17)14-10/h3-5H,2,6-9H2,1H3,(H,14,17). The van der Waals surface area contributed by atoms with Crippen molar-refractivity contribution in [3.8, 4) is 0 Å². The van der Waals surface area contributed by atoms with Gasteiger partial charge in [0.1, 0.15) is 0 Å². The molecule has 1 aliphatic rings. The lowest BCUT2D eigenvalue weighted by molar-refractivity contribution is 0.385. The van der Waals surface area contributed by atoms with Crippen LogP contribution < -0.4 is 10.7 Å². The Morgan fingerprint density at radius 3 is 2.62 bits per heavy atom. The molecule has 1 aliphatic heterocycles. The number of fused-ring (bicyclic) bond motifs is 1. The van der Waals surface area contributed by atoms with E-state index in [1.54, 1.807) is 13.0 Å². The van der Waals surface area contributed by atoms with Gasteiger partial charge in [0.05, 0.1) is 17.0 Å². The molecular formula is C13H17N3O4S. The predicted molar refractivity (Wildman–Crippen MR) is 80.1 cm³/mol. The van der Waals surface area contributed by atoms with Crippen molar-refractivity contribution in [2.75, 3.05) is 36.8 Å². The Kier molecular flexibility index (Phi) is 3.50. The maximum atomic E-state index is 11.9. The van der Waals surface area contributed by atoms with Crippen molar-refractivity contribution in [1.82, 2.24) is 9.29 Å². The van der Waals surface area contributed by atoms with Crippen LogP contribution in [0, 0.1) is 0 Å². The van der Waals surface area contributed by atoms with Crippen LogP contribution in [0.25, 0.3) is 11.1 Å². The normalized spacial score (nSPS) is 17.5. The first-order valence-electron chi connectivity index (χ1n) is 6.86. The molecule has 0 spiro atoms. The van der Waals surface area contributed by atoms with Crippen molar-refractivity contribution in [1.29, 1.82) is 0 Å². The number of hydrogen-bond donors (Lipinski definition) is 1. The lowest BCUT2D eigenvalue weighted by Gasteiger charge is -2.35. The first-order valence-corrected chi connectivity index (χ1v) is 8.47. The molecule has 0 aliphatic carbocycles. The monoisotopic (exact) mass is 311 g/mol. The van der Waals surface area contributed by atoms with Crippen molar-refractivity contribution < 1.29 is 12.8 Å². The van der Waals surface area contributed by atoms with E-state index in [0.717, 1.165) is 5.69 Å². The molecule has 0 saturated carbocycles. The fraction of sp³-hybridized carbons (Fsp3) is 0.462. The number of sulfonamides is 1. The van der Waals surface area contributed by atoms with Crippen LogP contribution in [0.2, 0.25) is 0 Å². The number of nitrogens with one attached hydrogen (secondary N) is 1. The number of para-hydroxylation sites is 1. The fourth-order valence-electron chi connectivity index (χ4n) is 2.60. The van der Waals surface area contributed by atoms with Crippen molar-refractivity contribution in [3.05, 3.63) is 28.7 Å². The third kappa shape index (κ3) is 2.56. The molecule has 2 aromatic rings. The molecule has 1 saturated heterocycles. The number of benzene rings is 1. The average Bonchev–Trinajstić information content (AvgIpc) is 2.87.